The molecule has 0 aromatic rings. The Balaban J connectivity index is 1.09. The molecule has 206 valence electrons. The topological polar surface area (TPSA) is 125 Å². The van der Waals surface area contributed by atoms with Crippen LogP contribution in [0, 0.1) is 23.2 Å². The lowest BCUT2D eigenvalue weighted by molar-refractivity contribution is -0.134. The van der Waals surface area contributed by atoms with Crippen LogP contribution < -0.4 is 32.3 Å². The van der Waals surface area contributed by atoms with E-state index in [1.165, 1.54) is 6.42 Å². The lowest BCUT2D eigenvalue weighted by Gasteiger charge is -2.42. The number of hydrazine groups is 1. The first-order valence-corrected chi connectivity index (χ1v) is 14.1. The highest BCUT2D eigenvalue weighted by Gasteiger charge is 2.40. The van der Waals surface area contributed by atoms with Crippen molar-refractivity contribution in [1.29, 1.82) is 0 Å². The van der Waals surface area contributed by atoms with Crippen molar-refractivity contribution < 1.29 is 19.2 Å². The average Bonchev–Trinajstić information content (AvgIpc) is 3.36. The van der Waals surface area contributed by atoms with Crippen molar-refractivity contribution in [3.05, 3.63) is 0 Å². The van der Waals surface area contributed by atoms with Gasteiger partial charge in [0, 0.05) is 38.5 Å². The van der Waals surface area contributed by atoms with Gasteiger partial charge in [-0.3, -0.25) is 30.5 Å². The molecular weight excluding hydrogens is 460 g/mol. The zero-order valence-electron chi connectivity index (χ0n) is 22.4. The van der Waals surface area contributed by atoms with Gasteiger partial charge in [0.2, 0.25) is 11.8 Å². The number of hydrogen-bond donors (Lipinski definition) is 6. The normalized spacial score (nSPS) is 35.2. The van der Waals surface area contributed by atoms with E-state index in [4.69, 9.17) is 9.57 Å². The van der Waals surface area contributed by atoms with Gasteiger partial charge in [-0.05, 0) is 62.7 Å². The van der Waals surface area contributed by atoms with E-state index in [1.807, 2.05) is 0 Å². The van der Waals surface area contributed by atoms with E-state index in [0.717, 1.165) is 64.3 Å². The highest BCUT2D eigenvalue weighted by atomic mass is 16.7. The first-order chi connectivity index (χ1) is 17.3. The number of methoxy groups -OCH3 is 1. The highest BCUT2D eigenvalue weighted by molar-refractivity contribution is 5.79. The maximum absolute atomic E-state index is 12.5. The van der Waals surface area contributed by atoms with Crippen LogP contribution in [-0.2, 0) is 19.2 Å². The Kier molecular flexibility index (Phi) is 9.99. The molecule has 0 spiro atoms. The van der Waals surface area contributed by atoms with E-state index < -0.39 is 0 Å². The fraction of sp³-hybridized carbons (Fsp3) is 0.923. The zero-order valence-corrected chi connectivity index (χ0v) is 22.4. The molecule has 0 aromatic heterocycles. The lowest BCUT2D eigenvalue weighted by atomic mass is 9.76. The van der Waals surface area contributed by atoms with E-state index >= 15 is 0 Å². The van der Waals surface area contributed by atoms with Crippen LogP contribution in [0.2, 0.25) is 0 Å². The molecular formula is C26H48N6O4. The van der Waals surface area contributed by atoms with Crippen LogP contribution in [0.15, 0.2) is 0 Å². The molecule has 6 N–H and O–H groups in total. The van der Waals surface area contributed by atoms with Crippen LogP contribution in [-0.4, -0.2) is 56.7 Å². The molecule has 2 aliphatic heterocycles. The second kappa shape index (κ2) is 13.0. The lowest BCUT2D eigenvalue weighted by Crippen LogP contribution is -2.65. The molecule has 10 nitrogen and oxygen atoms in total. The molecule has 10 heteroatoms. The third-order valence-electron chi connectivity index (χ3n) is 8.60. The second-order valence-corrected chi connectivity index (χ2v) is 12.0. The van der Waals surface area contributed by atoms with Gasteiger partial charge in [-0.2, -0.15) is 5.48 Å². The van der Waals surface area contributed by atoms with Gasteiger partial charge < -0.3 is 10.1 Å². The molecule has 0 bridgehead atoms. The van der Waals surface area contributed by atoms with Gasteiger partial charge >= 0.3 is 0 Å². The van der Waals surface area contributed by atoms with E-state index in [-0.39, 0.29) is 41.7 Å². The molecule has 5 atom stereocenters. The Labute approximate surface area is 216 Å². The number of hydroxylamine groups is 1. The van der Waals surface area contributed by atoms with Crippen LogP contribution in [0.1, 0.15) is 84.5 Å². The minimum Gasteiger partial charge on any atom is -0.381 e. The van der Waals surface area contributed by atoms with Crippen molar-refractivity contribution in [3.8, 4) is 0 Å². The summed E-state index contributed by atoms with van der Waals surface area (Å²) in [5.74, 6) is 1.21. The van der Waals surface area contributed by atoms with Crippen molar-refractivity contribution in [2.75, 3.05) is 20.2 Å². The van der Waals surface area contributed by atoms with Crippen LogP contribution in [0.5, 0.6) is 0 Å². The predicted octanol–water partition coefficient (Wildman–Crippen LogP) is 1.64. The monoisotopic (exact) mass is 508 g/mol. The van der Waals surface area contributed by atoms with Crippen molar-refractivity contribution in [3.63, 3.8) is 0 Å². The second-order valence-electron chi connectivity index (χ2n) is 12.0. The van der Waals surface area contributed by atoms with Crippen LogP contribution >= 0.6 is 0 Å². The number of carbonyl (C=O) groups is 2. The quantitative estimate of drug-likeness (QED) is 0.249. The maximum atomic E-state index is 12.5. The minimum atomic E-state index is -0.0992. The van der Waals surface area contributed by atoms with Gasteiger partial charge in [0.25, 0.3) is 0 Å². The molecule has 36 heavy (non-hydrogen) atoms. The van der Waals surface area contributed by atoms with Crippen molar-refractivity contribution in [2.45, 2.75) is 109 Å². The molecule has 2 amide bonds. The number of hydrogen-bond acceptors (Lipinski definition) is 8. The summed E-state index contributed by atoms with van der Waals surface area (Å²) in [5, 5.41) is 10.3. The fourth-order valence-corrected chi connectivity index (χ4v) is 6.21. The summed E-state index contributed by atoms with van der Waals surface area (Å²) in [5.41, 5.74) is 9.07. The van der Waals surface area contributed by atoms with Gasteiger partial charge in [-0.15, -0.1) is 0 Å². The number of amides is 2. The summed E-state index contributed by atoms with van der Waals surface area (Å²) in [6.45, 7) is 5.67. The number of carbonyl (C=O) groups excluding carboxylic acids is 2. The van der Waals surface area contributed by atoms with Crippen molar-refractivity contribution in [1.82, 2.24) is 32.3 Å². The molecule has 4 rings (SSSR count). The number of fused-ring (bicyclic) bond motifs is 1. The number of rotatable bonds is 11. The van der Waals surface area contributed by atoms with E-state index in [9.17, 15) is 9.59 Å². The van der Waals surface area contributed by atoms with Gasteiger partial charge in [-0.25, -0.2) is 5.43 Å². The largest absolute Gasteiger partial charge is 0.381 e. The maximum Gasteiger partial charge on any atom is 0.237 e. The number of nitrogens with one attached hydrogen (secondary N) is 6. The molecule has 2 saturated carbocycles. The fourth-order valence-electron chi connectivity index (χ4n) is 6.21. The van der Waals surface area contributed by atoms with Crippen LogP contribution in [0.3, 0.4) is 0 Å². The summed E-state index contributed by atoms with van der Waals surface area (Å²) >= 11 is 0. The molecule has 0 aromatic carbocycles. The first kappa shape index (κ1) is 27.7. The standard InChI is InChI=1S/C26H48N6O4/c1-26(2,16-28-24-19-7-4-5-8-20(19)25(34)31-30-24)15-27-21(33)9-6-10-22-29-23(32-36-22)17-11-13-18(35-3)14-12-17/h17-20,22-24,28-30,32H,4-16H2,1-3H3,(H,27,33)(H,31,34). The van der Waals surface area contributed by atoms with Crippen molar-refractivity contribution >= 4 is 11.8 Å². The Morgan fingerprint density at radius 1 is 1.11 bits per heavy atom. The SMILES string of the molecule is COC1CCC(C2NOC(CCCC(=O)NCC(C)(C)CNC3NNC(=O)C4CCCCC34)N2)CC1. The third kappa shape index (κ3) is 7.61. The summed E-state index contributed by atoms with van der Waals surface area (Å²) in [6, 6.07) is 0. The van der Waals surface area contributed by atoms with Gasteiger partial charge in [0.05, 0.1) is 18.4 Å². The Morgan fingerprint density at radius 3 is 2.67 bits per heavy atom. The summed E-state index contributed by atoms with van der Waals surface area (Å²) in [7, 11) is 1.80. The molecule has 2 saturated heterocycles. The van der Waals surface area contributed by atoms with Gasteiger partial charge in [-0.1, -0.05) is 26.7 Å². The summed E-state index contributed by atoms with van der Waals surface area (Å²) < 4.78 is 5.47. The highest BCUT2D eigenvalue weighted by Crippen LogP contribution is 2.34. The molecule has 5 unspecified atom stereocenters. The Hall–Kier alpha value is -1.30. The first-order valence-electron chi connectivity index (χ1n) is 14.1. The molecule has 2 heterocycles. The summed E-state index contributed by atoms with van der Waals surface area (Å²) in [6.07, 6.45) is 11.5. The van der Waals surface area contributed by atoms with Crippen LogP contribution in [0.25, 0.3) is 0 Å². The van der Waals surface area contributed by atoms with E-state index in [1.54, 1.807) is 7.11 Å². The predicted molar refractivity (Wildman–Crippen MR) is 137 cm³/mol. The smallest absolute Gasteiger partial charge is 0.237 e. The third-order valence-corrected chi connectivity index (χ3v) is 8.60. The average molecular weight is 509 g/mol. The Bertz CT molecular complexity index is 729. The van der Waals surface area contributed by atoms with Crippen molar-refractivity contribution in [2.24, 2.45) is 23.2 Å². The Morgan fingerprint density at radius 2 is 1.89 bits per heavy atom. The van der Waals surface area contributed by atoms with E-state index in [0.29, 0.717) is 30.9 Å². The van der Waals surface area contributed by atoms with Gasteiger partial charge in [0.15, 0.2) is 0 Å². The van der Waals surface area contributed by atoms with E-state index in [2.05, 4.69) is 46.1 Å². The molecule has 2 aliphatic carbocycles. The molecule has 0 radical (unpaired) electrons. The number of ether oxygens (including phenoxy) is 1. The minimum absolute atomic E-state index is 0.0457. The summed E-state index contributed by atoms with van der Waals surface area (Å²) in [4.78, 5) is 30.4. The molecule has 4 aliphatic rings. The molecule has 4 fully saturated rings. The zero-order chi connectivity index (χ0) is 25.5. The van der Waals surface area contributed by atoms with Gasteiger partial charge in [0.1, 0.15) is 6.23 Å². The van der Waals surface area contributed by atoms with Crippen LogP contribution in [0.4, 0.5) is 0 Å².